The van der Waals surface area contributed by atoms with Crippen molar-refractivity contribution in [2.75, 3.05) is 11.4 Å². The molecule has 1 aliphatic carbocycles. The van der Waals surface area contributed by atoms with Gasteiger partial charge in [-0.05, 0) is 38.2 Å². The van der Waals surface area contributed by atoms with Crippen molar-refractivity contribution in [2.24, 2.45) is 5.92 Å². The first-order valence-electron chi connectivity index (χ1n) is 7.13. The highest BCUT2D eigenvalue weighted by atomic mass is 16.3. The van der Waals surface area contributed by atoms with Gasteiger partial charge in [0.15, 0.2) is 0 Å². The predicted molar refractivity (Wildman–Crippen MR) is 76.9 cm³/mol. The lowest BCUT2D eigenvalue weighted by Gasteiger charge is -2.28. The Balaban J connectivity index is 2.19. The van der Waals surface area contributed by atoms with Gasteiger partial charge < -0.3 is 10.0 Å². The normalized spacial score (nSPS) is 16.9. The van der Waals surface area contributed by atoms with Crippen LogP contribution in [0, 0.1) is 5.92 Å². The standard InChI is InChI=1S/C16H25NO/c1-12(2)10-11-17(14-8-9-14)16-7-5-4-6-15(16)13(3)18/h4-7,12-14,18H,8-11H2,1-3H3/t13-/m0/s1. The first kappa shape index (κ1) is 13.4. The molecule has 18 heavy (non-hydrogen) atoms. The van der Waals surface area contributed by atoms with Gasteiger partial charge in [-0.2, -0.15) is 0 Å². The van der Waals surface area contributed by atoms with Crippen LogP contribution >= 0.6 is 0 Å². The van der Waals surface area contributed by atoms with Crippen LogP contribution in [0.1, 0.15) is 51.7 Å². The van der Waals surface area contributed by atoms with Gasteiger partial charge >= 0.3 is 0 Å². The van der Waals surface area contributed by atoms with Gasteiger partial charge in [0.25, 0.3) is 0 Å². The largest absolute Gasteiger partial charge is 0.389 e. The monoisotopic (exact) mass is 247 g/mol. The fraction of sp³-hybridized carbons (Fsp3) is 0.625. The second kappa shape index (κ2) is 5.75. The van der Waals surface area contributed by atoms with Gasteiger partial charge in [-0.1, -0.05) is 32.0 Å². The molecule has 0 amide bonds. The Bertz CT molecular complexity index is 382. The van der Waals surface area contributed by atoms with E-state index in [-0.39, 0.29) is 6.10 Å². The third-order valence-electron chi connectivity index (χ3n) is 3.63. The number of hydrogen-bond donors (Lipinski definition) is 1. The summed E-state index contributed by atoms with van der Waals surface area (Å²) in [6.07, 6.45) is 3.42. The van der Waals surface area contributed by atoms with Crippen LogP contribution in [0.4, 0.5) is 5.69 Å². The molecule has 2 heteroatoms. The summed E-state index contributed by atoms with van der Waals surface area (Å²) in [5.74, 6) is 0.727. The Hall–Kier alpha value is -1.02. The molecule has 100 valence electrons. The average Bonchev–Trinajstić information content (AvgIpc) is 3.14. The Morgan fingerprint density at radius 3 is 2.44 bits per heavy atom. The van der Waals surface area contributed by atoms with Gasteiger partial charge in [-0.15, -0.1) is 0 Å². The van der Waals surface area contributed by atoms with Gasteiger partial charge in [-0.3, -0.25) is 0 Å². The summed E-state index contributed by atoms with van der Waals surface area (Å²) in [7, 11) is 0. The van der Waals surface area contributed by atoms with E-state index in [1.165, 1.54) is 24.9 Å². The van der Waals surface area contributed by atoms with Crippen molar-refractivity contribution in [3.05, 3.63) is 29.8 Å². The lowest BCUT2D eigenvalue weighted by molar-refractivity contribution is 0.199. The summed E-state index contributed by atoms with van der Waals surface area (Å²) in [5, 5.41) is 9.91. The van der Waals surface area contributed by atoms with E-state index in [1.807, 2.05) is 19.1 Å². The summed E-state index contributed by atoms with van der Waals surface area (Å²) in [6, 6.07) is 8.99. The van der Waals surface area contributed by atoms with Crippen LogP contribution < -0.4 is 4.90 Å². The van der Waals surface area contributed by atoms with E-state index in [4.69, 9.17) is 0 Å². The zero-order chi connectivity index (χ0) is 13.1. The number of aliphatic hydroxyl groups is 1. The molecule has 0 unspecified atom stereocenters. The molecule has 0 bridgehead atoms. The van der Waals surface area contributed by atoms with Crippen LogP contribution in [-0.2, 0) is 0 Å². The topological polar surface area (TPSA) is 23.5 Å². The third-order valence-corrected chi connectivity index (χ3v) is 3.63. The van der Waals surface area contributed by atoms with Crippen LogP contribution in [0.3, 0.4) is 0 Å². The fourth-order valence-electron chi connectivity index (χ4n) is 2.39. The molecule has 1 N–H and O–H groups in total. The van der Waals surface area contributed by atoms with Crippen molar-refractivity contribution in [2.45, 2.75) is 52.2 Å². The minimum Gasteiger partial charge on any atom is -0.389 e. The highest BCUT2D eigenvalue weighted by Gasteiger charge is 2.30. The van der Waals surface area contributed by atoms with E-state index in [1.54, 1.807) is 0 Å². The van der Waals surface area contributed by atoms with Crippen molar-refractivity contribution in [1.82, 2.24) is 0 Å². The van der Waals surface area contributed by atoms with Gasteiger partial charge in [-0.25, -0.2) is 0 Å². The van der Waals surface area contributed by atoms with E-state index >= 15 is 0 Å². The zero-order valence-electron chi connectivity index (χ0n) is 11.8. The molecule has 1 aromatic carbocycles. The van der Waals surface area contributed by atoms with E-state index in [2.05, 4.69) is 30.9 Å². The fourth-order valence-corrected chi connectivity index (χ4v) is 2.39. The maximum absolute atomic E-state index is 9.91. The van der Waals surface area contributed by atoms with Gasteiger partial charge in [0.05, 0.1) is 6.10 Å². The molecule has 0 spiro atoms. The Morgan fingerprint density at radius 2 is 1.89 bits per heavy atom. The highest BCUT2D eigenvalue weighted by Crippen LogP contribution is 2.35. The molecule has 0 saturated heterocycles. The average molecular weight is 247 g/mol. The predicted octanol–water partition coefficient (Wildman–Crippen LogP) is 3.75. The molecular weight excluding hydrogens is 222 g/mol. The summed E-state index contributed by atoms with van der Waals surface area (Å²) in [4.78, 5) is 2.50. The molecule has 0 radical (unpaired) electrons. The van der Waals surface area contributed by atoms with Crippen molar-refractivity contribution in [3.8, 4) is 0 Å². The van der Waals surface area contributed by atoms with Crippen LogP contribution in [0.25, 0.3) is 0 Å². The molecule has 1 atom stereocenters. The maximum Gasteiger partial charge on any atom is 0.0781 e. The number of nitrogens with zero attached hydrogens (tertiary/aromatic N) is 1. The van der Waals surface area contributed by atoms with E-state index in [9.17, 15) is 5.11 Å². The summed E-state index contributed by atoms with van der Waals surface area (Å²) in [5.41, 5.74) is 2.30. The third kappa shape index (κ3) is 3.26. The number of anilines is 1. The Morgan fingerprint density at radius 1 is 1.22 bits per heavy atom. The molecule has 0 aliphatic heterocycles. The van der Waals surface area contributed by atoms with Gasteiger partial charge in [0.1, 0.15) is 0 Å². The maximum atomic E-state index is 9.91. The van der Waals surface area contributed by atoms with E-state index < -0.39 is 0 Å². The molecule has 2 rings (SSSR count). The lowest BCUT2D eigenvalue weighted by atomic mass is 10.1. The summed E-state index contributed by atoms with van der Waals surface area (Å²) < 4.78 is 0. The second-order valence-electron chi connectivity index (χ2n) is 5.84. The first-order valence-corrected chi connectivity index (χ1v) is 7.13. The highest BCUT2D eigenvalue weighted by molar-refractivity contribution is 5.56. The van der Waals surface area contributed by atoms with E-state index in [0.29, 0.717) is 6.04 Å². The Kier molecular flexibility index (Phi) is 4.28. The molecule has 0 aromatic heterocycles. The number of benzene rings is 1. The van der Waals surface area contributed by atoms with Gasteiger partial charge in [0, 0.05) is 23.8 Å². The molecule has 1 saturated carbocycles. The molecular formula is C16H25NO. The van der Waals surface area contributed by atoms with Crippen LogP contribution in [0.15, 0.2) is 24.3 Å². The number of rotatable bonds is 6. The quantitative estimate of drug-likeness (QED) is 0.827. The number of hydrogen-bond acceptors (Lipinski definition) is 2. The van der Waals surface area contributed by atoms with Crippen LogP contribution in [0.2, 0.25) is 0 Å². The zero-order valence-corrected chi connectivity index (χ0v) is 11.8. The minimum absolute atomic E-state index is 0.387. The lowest BCUT2D eigenvalue weighted by Crippen LogP contribution is -2.29. The van der Waals surface area contributed by atoms with Crippen molar-refractivity contribution in [3.63, 3.8) is 0 Å². The molecule has 2 nitrogen and oxygen atoms in total. The summed E-state index contributed by atoms with van der Waals surface area (Å²) in [6.45, 7) is 7.50. The number of aliphatic hydroxyl groups excluding tert-OH is 1. The molecule has 1 aliphatic rings. The van der Waals surface area contributed by atoms with Crippen molar-refractivity contribution < 1.29 is 5.11 Å². The Labute approximate surface area is 111 Å². The van der Waals surface area contributed by atoms with E-state index in [0.717, 1.165) is 18.0 Å². The van der Waals surface area contributed by atoms with Crippen LogP contribution in [-0.4, -0.2) is 17.7 Å². The summed E-state index contributed by atoms with van der Waals surface area (Å²) >= 11 is 0. The van der Waals surface area contributed by atoms with Gasteiger partial charge in [0.2, 0.25) is 0 Å². The minimum atomic E-state index is -0.387. The molecule has 0 heterocycles. The van der Waals surface area contributed by atoms with Crippen molar-refractivity contribution >= 4 is 5.69 Å². The number of para-hydroxylation sites is 1. The smallest absolute Gasteiger partial charge is 0.0781 e. The molecule has 1 aromatic rings. The second-order valence-corrected chi connectivity index (χ2v) is 5.84. The first-order chi connectivity index (χ1) is 8.59. The molecule has 1 fully saturated rings. The van der Waals surface area contributed by atoms with Crippen molar-refractivity contribution in [1.29, 1.82) is 0 Å². The SMILES string of the molecule is CC(C)CCN(c1ccccc1[C@H](C)O)C1CC1. The van der Waals surface area contributed by atoms with Crippen LogP contribution in [0.5, 0.6) is 0 Å².